The van der Waals surface area contributed by atoms with Gasteiger partial charge in [-0.2, -0.15) is 0 Å². The van der Waals surface area contributed by atoms with E-state index in [0.717, 1.165) is 43.4 Å². The van der Waals surface area contributed by atoms with Gasteiger partial charge in [0.1, 0.15) is 24.2 Å². The van der Waals surface area contributed by atoms with Crippen LogP contribution in [0.25, 0.3) is 6.08 Å². The first kappa shape index (κ1) is 37.7. The maximum atomic E-state index is 13.2. The zero-order valence-corrected chi connectivity index (χ0v) is 33.2. The summed E-state index contributed by atoms with van der Waals surface area (Å²) in [5.41, 5.74) is 3.08. The van der Waals surface area contributed by atoms with E-state index in [1.54, 1.807) is 12.3 Å². The Hall–Kier alpha value is -1.57. The highest BCUT2D eigenvalue weighted by Crippen LogP contribution is 2.43. The molecule has 1 aromatic heterocycles. The Morgan fingerprint density at radius 2 is 1.73 bits per heavy atom. The average molecular weight is 794 g/mol. The van der Waals surface area contributed by atoms with E-state index in [0.29, 0.717) is 18.7 Å². The number of halogens is 1. The standard InChI is InChI=1S/C38H56INO7Si/c1-23-16-27-12-10-15-35(41)46-37-25(3)32(45-36(26(37)4)24(2)21-39)13-11-14-34-40-31(22-42-34)33-20-30(47-48(8,9)38(5,6)7)19-29(44-33)18-28(17-23)43-27/h10-11,14-15,21-22,25-30,32-33,36-37H,1,12-13,16-20H2,2-9H3/b14-11-,15-10-,24-21+/t25-,26-,27-,28+,29+,30+,32+,33+,36-,37-/m0/s1. The zero-order valence-electron chi connectivity index (χ0n) is 30.1. The number of hydrogen-bond acceptors (Lipinski definition) is 8. The molecule has 0 spiro atoms. The summed E-state index contributed by atoms with van der Waals surface area (Å²) in [6.07, 6.45) is 13.3. The van der Waals surface area contributed by atoms with E-state index in [1.165, 1.54) is 5.57 Å². The molecule has 3 saturated heterocycles. The van der Waals surface area contributed by atoms with Crippen molar-refractivity contribution < 1.29 is 32.6 Å². The maximum absolute atomic E-state index is 13.2. The van der Waals surface area contributed by atoms with Gasteiger partial charge < -0.3 is 27.8 Å². The number of oxazole rings is 1. The maximum Gasteiger partial charge on any atom is 0.330 e. The second-order valence-electron chi connectivity index (χ2n) is 15.9. The fraction of sp³-hybridized carbons (Fsp3) is 0.684. The number of aromatic nitrogens is 1. The third-order valence-corrected chi connectivity index (χ3v) is 16.5. The normalized spacial score (nSPS) is 37.2. The minimum Gasteiger partial charge on any atom is -0.458 e. The second kappa shape index (κ2) is 15.8. The van der Waals surface area contributed by atoms with Crippen LogP contribution in [0.5, 0.6) is 0 Å². The van der Waals surface area contributed by atoms with E-state index in [-0.39, 0.29) is 71.7 Å². The fourth-order valence-electron chi connectivity index (χ4n) is 7.36. The van der Waals surface area contributed by atoms with Crippen LogP contribution in [-0.2, 0) is 28.2 Å². The summed E-state index contributed by atoms with van der Waals surface area (Å²) in [7, 11) is -2.02. The topological polar surface area (TPSA) is 89.3 Å². The first-order valence-electron chi connectivity index (χ1n) is 17.7. The molecule has 8 bridgehead atoms. The van der Waals surface area contributed by atoms with Gasteiger partial charge in [0.15, 0.2) is 8.32 Å². The molecule has 0 N–H and O–H groups in total. The number of ether oxygens (including phenoxy) is 4. The summed E-state index contributed by atoms with van der Waals surface area (Å²) in [6.45, 7) is 22.1. The molecule has 1 aromatic rings. The van der Waals surface area contributed by atoms with E-state index in [4.69, 9.17) is 32.8 Å². The minimum atomic E-state index is -2.02. The van der Waals surface area contributed by atoms with Crippen molar-refractivity contribution in [3.8, 4) is 0 Å². The Labute approximate surface area is 302 Å². The lowest BCUT2D eigenvalue weighted by Crippen LogP contribution is -2.50. The lowest BCUT2D eigenvalue weighted by atomic mass is 9.80. The molecule has 0 unspecified atom stereocenters. The number of nitrogens with zero attached hydrogens (tertiary/aromatic N) is 1. The Kier molecular flexibility index (Phi) is 12.4. The first-order chi connectivity index (χ1) is 22.6. The summed E-state index contributed by atoms with van der Waals surface area (Å²) in [6, 6.07) is 0. The largest absolute Gasteiger partial charge is 0.458 e. The van der Waals surface area contributed by atoms with Crippen molar-refractivity contribution in [2.75, 3.05) is 0 Å². The van der Waals surface area contributed by atoms with E-state index >= 15 is 0 Å². The number of esters is 1. The average Bonchev–Trinajstić information content (AvgIpc) is 3.47. The van der Waals surface area contributed by atoms with Crippen molar-refractivity contribution in [1.29, 1.82) is 0 Å². The van der Waals surface area contributed by atoms with Gasteiger partial charge in [-0.1, -0.05) is 81.5 Å². The van der Waals surface area contributed by atoms with Crippen LogP contribution in [0.2, 0.25) is 18.1 Å². The molecule has 10 heteroatoms. The molecular formula is C38H56INO7Si. The smallest absolute Gasteiger partial charge is 0.330 e. The molecular weight excluding hydrogens is 737 g/mol. The molecule has 5 rings (SSSR count). The van der Waals surface area contributed by atoms with Crippen molar-refractivity contribution in [2.45, 2.75) is 153 Å². The third kappa shape index (κ3) is 9.20. The number of carbonyl (C=O) groups excluding carboxylic acids is 1. The molecule has 10 atom stereocenters. The molecule has 0 radical (unpaired) electrons. The Bertz CT molecular complexity index is 1380. The number of hydrogen-bond donors (Lipinski definition) is 0. The van der Waals surface area contributed by atoms with Crippen LogP contribution in [0.15, 0.2) is 50.7 Å². The summed E-state index contributed by atoms with van der Waals surface area (Å²) in [4.78, 5) is 18.0. The molecule has 0 aromatic carbocycles. The van der Waals surface area contributed by atoms with Gasteiger partial charge >= 0.3 is 5.97 Å². The van der Waals surface area contributed by atoms with Gasteiger partial charge in [0.05, 0.1) is 36.6 Å². The first-order valence-corrected chi connectivity index (χ1v) is 21.9. The summed E-state index contributed by atoms with van der Waals surface area (Å²) < 4.78 is 41.1. The second-order valence-corrected chi connectivity index (χ2v) is 21.3. The highest BCUT2D eigenvalue weighted by Gasteiger charge is 2.45. The van der Waals surface area contributed by atoms with Crippen molar-refractivity contribution in [1.82, 2.24) is 4.98 Å². The molecule has 48 heavy (non-hydrogen) atoms. The Morgan fingerprint density at radius 3 is 2.46 bits per heavy atom. The van der Waals surface area contributed by atoms with Crippen molar-refractivity contribution in [2.24, 2.45) is 11.8 Å². The van der Waals surface area contributed by atoms with Gasteiger partial charge in [-0.05, 0) is 72.9 Å². The highest BCUT2D eigenvalue weighted by molar-refractivity contribution is 14.1. The molecule has 0 saturated carbocycles. The van der Waals surface area contributed by atoms with Crippen molar-refractivity contribution in [3.05, 3.63) is 57.9 Å². The van der Waals surface area contributed by atoms with E-state index in [1.807, 2.05) is 22.3 Å². The number of fused-ring (bicyclic) bond motifs is 9. The molecule has 4 aliphatic heterocycles. The zero-order chi connectivity index (χ0) is 34.8. The predicted octanol–water partition coefficient (Wildman–Crippen LogP) is 9.43. The molecule has 266 valence electrons. The lowest BCUT2D eigenvalue weighted by molar-refractivity contribution is -0.180. The van der Waals surface area contributed by atoms with Gasteiger partial charge in [-0.3, -0.25) is 0 Å². The number of rotatable bonds is 3. The van der Waals surface area contributed by atoms with Crippen LogP contribution in [0, 0.1) is 11.8 Å². The van der Waals surface area contributed by atoms with Crippen molar-refractivity contribution >= 4 is 43.0 Å². The fourth-order valence-corrected chi connectivity index (χ4v) is 9.09. The van der Waals surface area contributed by atoms with Crippen LogP contribution in [0.4, 0.5) is 0 Å². The Morgan fingerprint density at radius 1 is 1.00 bits per heavy atom. The van der Waals surface area contributed by atoms with Crippen LogP contribution < -0.4 is 0 Å². The third-order valence-electron chi connectivity index (χ3n) is 11.0. The highest BCUT2D eigenvalue weighted by atomic mass is 127. The van der Waals surface area contributed by atoms with Crippen LogP contribution >= 0.6 is 22.6 Å². The molecule has 4 aliphatic rings. The van der Waals surface area contributed by atoms with Gasteiger partial charge in [-0.25, -0.2) is 9.78 Å². The van der Waals surface area contributed by atoms with Crippen LogP contribution in [0.1, 0.15) is 104 Å². The summed E-state index contributed by atoms with van der Waals surface area (Å²) in [5.74, 6) is 0.200. The van der Waals surface area contributed by atoms with Gasteiger partial charge in [-0.15, -0.1) is 0 Å². The van der Waals surface area contributed by atoms with Crippen LogP contribution in [-0.4, -0.2) is 62.0 Å². The summed E-state index contributed by atoms with van der Waals surface area (Å²) >= 11 is 2.25. The van der Waals surface area contributed by atoms with Gasteiger partial charge in [0.25, 0.3) is 0 Å². The molecule has 0 aliphatic carbocycles. The molecule has 3 fully saturated rings. The molecule has 5 heterocycles. The van der Waals surface area contributed by atoms with Gasteiger partial charge in [0.2, 0.25) is 5.89 Å². The SMILES string of the molecule is C=C1C[C@@H]2C[C@@H]3C[C@@H](O[Si](C)(C)C(C)(C)C)C[C@@H](O3)c3coc(n3)/C=C\C[C@H]3O[C@@H](/C(C)=C/I)[C@H](C)[C@@H](OC(=O)/C=C\C[C@@H](C1)O2)[C@H]3C. The Balaban J connectivity index is 1.44. The minimum absolute atomic E-state index is 0.00839. The van der Waals surface area contributed by atoms with Crippen molar-refractivity contribution in [3.63, 3.8) is 0 Å². The van der Waals surface area contributed by atoms with E-state index in [9.17, 15) is 4.79 Å². The predicted molar refractivity (Wildman–Crippen MR) is 199 cm³/mol. The number of carbonyl (C=O) groups is 1. The molecule has 0 amide bonds. The van der Waals surface area contributed by atoms with E-state index in [2.05, 4.69) is 83.8 Å². The molecule has 8 nitrogen and oxygen atoms in total. The lowest BCUT2D eigenvalue weighted by Gasteiger charge is -2.44. The van der Waals surface area contributed by atoms with E-state index < -0.39 is 8.32 Å². The monoisotopic (exact) mass is 793 g/mol. The summed E-state index contributed by atoms with van der Waals surface area (Å²) in [5, 5.41) is 0.101. The van der Waals surface area contributed by atoms with Gasteiger partial charge in [0, 0.05) is 30.8 Å². The van der Waals surface area contributed by atoms with Crippen LogP contribution in [0.3, 0.4) is 0 Å². The quantitative estimate of drug-likeness (QED) is 0.130.